The van der Waals surface area contributed by atoms with Crippen molar-refractivity contribution in [3.05, 3.63) is 70.9 Å². The molecule has 0 spiro atoms. The smallest absolute Gasteiger partial charge is 0.278 e. The second-order valence-corrected chi connectivity index (χ2v) is 5.81. The van der Waals surface area contributed by atoms with Crippen LogP contribution >= 0.6 is 11.8 Å². The fourth-order valence-corrected chi connectivity index (χ4v) is 3.21. The molecule has 0 radical (unpaired) electrons. The third kappa shape index (κ3) is 2.92. The zero-order valence-corrected chi connectivity index (χ0v) is 12.1. The van der Waals surface area contributed by atoms with Crippen LogP contribution in [0.5, 0.6) is 0 Å². The molecule has 0 saturated carbocycles. The summed E-state index contributed by atoms with van der Waals surface area (Å²) in [7, 11) is 0. The molecule has 21 heavy (non-hydrogen) atoms. The van der Waals surface area contributed by atoms with Crippen molar-refractivity contribution in [2.75, 3.05) is 5.75 Å². The van der Waals surface area contributed by atoms with Crippen molar-refractivity contribution >= 4 is 28.4 Å². The average Bonchev–Trinajstić information content (AvgIpc) is 2.91. The molecule has 0 fully saturated rings. The monoisotopic (exact) mass is 298 g/mol. The van der Waals surface area contributed by atoms with Gasteiger partial charge in [-0.1, -0.05) is 24.3 Å². The van der Waals surface area contributed by atoms with Gasteiger partial charge in [-0.2, -0.15) is 0 Å². The molecule has 5 heteroatoms. The Balaban J connectivity index is 1.76. The third-order valence-electron chi connectivity index (χ3n) is 3.33. The molecule has 2 aromatic carbocycles. The number of hydrogen-bond donors (Lipinski definition) is 0. The van der Waals surface area contributed by atoms with E-state index in [0.717, 1.165) is 17.8 Å². The number of non-ortho nitro benzene ring substituents is 1. The van der Waals surface area contributed by atoms with E-state index >= 15 is 0 Å². The van der Waals surface area contributed by atoms with Crippen molar-refractivity contribution < 1.29 is 4.92 Å². The molecule has 3 rings (SSSR count). The van der Waals surface area contributed by atoms with E-state index < -0.39 is 0 Å². The highest BCUT2D eigenvalue weighted by molar-refractivity contribution is 7.99. The van der Waals surface area contributed by atoms with Gasteiger partial charge in [-0.15, -0.1) is 11.8 Å². The van der Waals surface area contributed by atoms with Crippen LogP contribution in [0.2, 0.25) is 0 Å². The molecule has 106 valence electrons. The van der Waals surface area contributed by atoms with Crippen LogP contribution in [0, 0.1) is 10.1 Å². The number of nitro benzene ring substituents is 1. The molecule has 0 atom stereocenters. The Morgan fingerprint density at radius 3 is 2.62 bits per heavy atom. The predicted octanol–water partition coefficient (Wildman–Crippen LogP) is 4.34. The predicted molar refractivity (Wildman–Crippen MR) is 85.8 cm³/mol. The number of fused-ring (bicyclic) bond motifs is 1. The SMILES string of the molecule is O=[N+]([O-])c1cccc2c1ccn2CCSc1ccccc1. The first-order valence-corrected chi connectivity index (χ1v) is 7.64. The number of benzene rings is 2. The van der Waals surface area contributed by atoms with Gasteiger partial charge < -0.3 is 4.57 Å². The van der Waals surface area contributed by atoms with Gasteiger partial charge in [0.05, 0.1) is 15.8 Å². The Kier molecular flexibility index (Phi) is 3.92. The fraction of sp³-hybridized carbons (Fsp3) is 0.125. The van der Waals surface area contributed by atoms with Crippen LogP contribution < -0.4 is 0 Å². The van der Waals surface area contributed by atoms with Crippen LogP contribution in [0.3, 0.4) is 0 Å². The van der Waals surface area contributed by atoms with Gasteiger partial charge in [-0.25, -0.2) is 0 Å². The maximum Gasteiger partial charge on any atom is 0.278 e. The van der Waals surface area contributed by atoms with Crippen molar-refractivity contribution in [3.8, 4) is 0 Å². The van der Waals surface area contributed by atoms with Gasteiger partial charge in [0.15, 0.2) is 0 Å². The number of thioether (sulfide) groups is 1. The average molecular weight is 298 g/mol. The highest BCUT2D eigenvalue weighted by atomic mass is 32.2. The van der Waals surface area contributed by atoms with Crippen molar-refractivity contribution in [3.63, 3.8) is 0 Å². The molecule has 0 unspecified atom stereocenters. The first kappa shape index (κ1) is 13.7. The molecule has 1 heterocycles. The van der Waals surface area contributed by atoms with Gasteiger partial charge in [0.1, 0.15) is 0 Å². The number of nitro groups is 1. The molecule has 3 aromatic rings. The van der Waals surface area contributed by atoms with Crippen molar-refractivity contribution in [1.82, 2.24) is 4.57 Å². The van der Waals surface area contributed by atoms with Crippen LogP contribution in [0.15, 0.2) is 65.7 Å². The Hall–Kier alpha value is -2.27. The molecular formula is C16H14N2O2S. The van der Waals surface area contributed by atoms with Crippen molar-refractivity contribution in [2.24, 2.45) is 0 Å². The van der Waals surface area contributed by atoms with E-state index in [9.17, 15) is 10.1 Å². The topological polar surface area (TPSA) is 48.1 Å². The summed E-state index contributed by atoms with van der Waals surface area (Å²) in [5, 5.41) is 11.7. The Bertz CT molecular complexity index is 768. The molecule has 0 bridgehead atoms. The third-order valence-corrected chi connectivity index (χ3v) is 4.32. The van der Waals surface area contributed by atoms with E-state index in [1.54, 1.807) is 23.9 Å². The molecule has 0 aliphatic carbocycles. The van der Waals surface area contributed by atoms with E-state index in [1.807, 2.05) is 36.5 Å². The fourth-order valence-electron chi connectivity index (χ4n) is 2.34. The maximum absolute atomic E-state index is 11.0. The van der Waals surface area contributed by atoms with Crippen LogP contribution in [0.4, 0.5) is 5.69 Å². The quantitative estimate of drug-likeness (QED) is 0.400. The summed E-state index contributed by atoms with van der Waals surface area (Å²) in [6, 6.07) is 17.3. The number of aromatic nitrogens is 1. The maximum atomic E-state index is 11.0. The summed E-state index contributed by atoms with van der Waals surface area (Å²) in [5.41, 5.74) is 1.08. The van der Waals surface area contributed by atoms with Gasteiger partial charge in [0.25, 0.3) is 5.69 Å². The Labute approximate surface area is 126 Å². The highest BCUT2D eigenvalue weighted by Gasteiger charge is 2.13. The van der Waals surface area contributed by atoms with Gasteiger partial charge in [0, 0.05) is 29.5 Å². The second-order valence-electron chi connectivity index (χ2n) is 4.64. The molecule has 1 aromatic heterocycles. The lowest BCUT2D eigenvalue weighted by molar-refractivity contribution is -0.383. The minimum Gasteiger partial charge on any atom is -0.346 e. The lowest BCUT2D eigenvalue weighted by atomic mass is 10.2. The summed E-state index contributed by atoms with van der Waals surface area (Å²) in [6.45, 7) is 0.824. The first-order valence-electron chi connectivity index (χ1n) is 6.66. The number of nitrogens with zero attached hydrogens (tertiary/aromatic N) is 2. The summed E-state index contributed by atoms with van der Waals surface area (Å²) < 4.78 is 2.07. The summed E-state index contributed by atoms with van der Waals surface area (Å²) in [4.78, 5) is 11.9. The molecule has 0 aliphatic heterocycles. The van der Waals surface area contributed by atoms with E-state index in [2.05, 4.69) is 16.7 Å². The van der Waals surface area contributed by atoms with Crippen LogP contribution in [-0.4, -0.2) is 15.2 Å². The normalized spacial score (nSPS) is 10.9. The van der Waals surface area contributed by atoms with E-state index in [4.69, 9.17) is 0 Å². The van der Waals surface area contributed by atoms with Gasteiger partial charge in [-0.3, -0.25) is 10.1 Å². The number of hydrogen-bond acceptors (Lipinski definition) is 3. The van der Waals surface area contributed by atoms with Crippen molar-refractivity contribution in [2.45, 2.75) is 11.4 Å². The number of rotatable bonds is 5. The van der Waals surface area contributed by atoms with Crippen LogP contribution in [0.1, 0.15) is 0 Å². The molecular weight excluding hydrogens is 284 g/mol. The minimum atomic E-state index is -0.328. The van der Waals surface area contributed by atoms with E-state index in [-0.39, 0.29) is 10.6 Å². The Morgan fingerprint density at radius 2 is 1.86 bits per heavy atom. The largest absolute Gasteiger partial charge is 0.346 e. The molecule has 0 saturated heterocycles. The molecule has 0 N–H and O–H groups in total. The Morgan fingerprint density at radius 1 is 1.05 bits per heavy atom. The van der Waals surface area contributed by atoms with E-state index in [0.29, 0.717) is 5.39 Å². The summed E-state index contributed by atoms with van der Waals surface area (Å²) in [5.74, 6) is 0.927. The lowest BCUT2D eigenvalue weighted by Crippen LogP contribution is -1.98. The zero-order valence-electron chi connectivity index (χ0n) is 11.3. The molecule has 0 aliphatic rings. The van der Waals surface area contributed by atoms with E-state index in [1.165, 1.54) is 4.90 Å². The summed E-state index contributed by atoms with van der Waals surface area (Å²) >= 11 is 1.78. The van der Waals surface area contributed by atoms with Gasteiger partial charge in [0.2, 0.25) is 0 Å². The second kappa shape index (κ2) is 6.01. The molecule has 0 amide bonds. The first-order chi connectivity index (χ1) is 10.3. The van der Waals surface area contributed by atoms with Crippen molar-refractivity contribution in [1.29, 1.82) is 0 Å². The van der Waals surface area contributed by atoms with Crippen LogP contribution in [-0.2, 0) is 6.54 Å². The van der Waals surface area contributed by atoms with Gasteiger partial charge >= 0.3 is 0 Å². The lowest BCUT2D eigenvalue weighted by Gasteiger charge is -2.05. The number of aryl methyl sites for hydroxylation is 1. The molecule has 4 nitrogen and oxygen atoms in total. The highest BCUT2D eigenvalue weighted by Crippen LogP contribution is 2.27. The van der Waals surface area contributed by atoms with Gasteiger partial charge in [-0.05, 0) is 24.3 Å². The van der Waals surface area contributed by atoms with Crippen LogP contribution in [0.25, 0.3) is 10.9 Å². The minimum absolute atomic E-state index is 0.168. The zero-order chi connectivity index (χ0) is 14.7. The summed E-state index contributed by atoms with van der Waals surface area (Å²) in [6.07, 6.45) is 1.92. The standard InChI is InChI=1S/C16H14N2O2S/c19-18(20)16-8-4-7-15-14(16)9-10-17(15)11-12-21-13-5-2-1-3-6-13/h1-10H,11-12H2.